The second kappa shape index (κ2) is 7.51. The van der Waals surface area contributed by atoms with E-state index in [0.717, 1.165) is 24.1 Å². The lowest BCUT2D eigenvalue weighted by Crippen LogP contribution is -2.21. The van der Waals surface area contributed by atoms with E-state index in [1.807, 2.05) is 13.0 Å². The number of nitrogens with one attached hydrogen (secondary N) is 1. The van der Waals surface area contributed by atoms with Crippen molar-refractivity contribution in [3.05, 3.63) is 29.3 Å². The molecule has 0 bridgehead atoms. The summed E-state index contributed by atoms with van der Waals surface area (Å²) in [5, 5.41) is 3.60. The molecule has 21 heavy (non-hydrogen) atoms. The van der Waals surface area contributed by atoms with E-state index >= 15 is 0 Å². The molecule has 0 unspecified atom stereocenters. The molecule has 0 saturated heterocycles. The summed E-state index contributed by atoms with van der Waals surface area (Å²) in [6, 6.07) is 6.85. The van der Waals surface area contributed by atoms with Gasteiger partial charge in [-0.05, 0) is 43.4 Å². The lowest BCUT2D eigenvalue weighted by molar-refractivity contribution is 0.311. The molecule has 1 aliphatic carbocycles. The molecule has 116 valence electrons. The Labute approximate surface area is 128 Å². The van der Waals surface area contributed by atoms with Gasteiger partial charge < -0.3 is 14.8 Å². The molecule has 1 saturated carbocycles. The van der Waals surface area contributed by atoms with Crippen LogP contribution in [0.15, 0.2) is 23.8 Å². The first-order valence-corrected chi connectivity index (χ1v) is 7.88. The molecule has 1 aromatic carbocycles. The zero-order valence-corrected chi connectivity index (χ0v) is 13.6. The van der Waals surface area contributed by atoms with Crippen molar-refractivity contribution in [3.63, 3.8) is 0 Å². The van der Waals surface area contributed by atoms with Crippen molar-refractivity contribution < 1.29 is 9.47 Å². The van der Waals surface area contributed by atoms with Gasteiger partial charge in [-0.2, -0.15) is 0 Å². The van der Waals surface area contributed by atoms with E-state index in [-0.39, 0.29) is 0 Å². The van der Waals surface area contributed by atoms with Gasteiger partial charge >= 0.3 is 0 Å². The fourth-order valence-electron chi connectivity index (χ4n) is 2.24. The van der Waals surface area contributed by atoms with Crippen LogP contribution >= 0.6 is 0 Å². The van der Waals surface area contributed by atoms with Crippen molar-refractivity contribution in [1.29, 1.82) is 0 Å². The van der Waals surface area contributed by atoms with Crippen LogP contribution in [0.25, 0.3) is 6.08 Å². The van der Waals surface area contributed by atoms with E-state index < -0.39 is 0 Å². The average Bonchev–Trinajstić information content (AvgIpc) is 3.28. The third kappa shape index (κ3) is 4.78. The number of methoxy groups -OCH3 is 1. The number of ether oxygens (including phenoxy) is 2. The molecule has 0 aromatic heterocycles. The van der Waals surface area contributed by atoms with Crippen molar-refractivity contribution in [2.24, 2.45) is 5.92 Å². The Morgan fingerprint density at radius 2 is 2.10 bits per heavy atom. The summed E-state index contributed by atoms with van der Waals surface area (Å²) in [6.07, 6.45) is 4.91. The molecule has 3 heteroatoms. The quantitative estimate of drug-likeness (QED) is 0.787. The van der Waals surface area contributed by atoms with Crippen molar-refractivity contribution in [1.82, 2.24) is 5.32 Å². The van der Waals surface area contributed by atoms with Gasteiger partial charge in [0.25, 0.3) is 0 Å². The van der Waals surface area contributed by atoms with Gasteiger partial charge in [-0.15, -0.1) is 0 Å². The normalized spacial score (nSPS) is 15.4. The zero-order chi connectivity index (χ0) is 15.2. The van der Waals surface area contributed by atoms with E-state index in [4.69, 9.17) is 9.47 Å². The summed E-state index contributed by atoms with van der Waals surface area (Å²) in [7, 11) is 1.67. The van der Waals surface area contributed by atoms with Gasteiger partial charge in [0.05, 0.1) is 13.7 Å². The second-order valence-corrected chi connectivity index (χ2v) is 5.87. The van der Waals surface area contributed by atoms with Crippen molar-refractivity contribution >= 4 is 6.08 Å². The topological polar surface area (TPSA) is 30.5 Å². The molecule has 2 rings (SSSR count). The molecular formula is C18H27NO2. The predicted molar refractivity (Wildman–Crippen MR) is 88.0 cm³/mol. The number of hydrogen-bond donors (Lipinski definition) is 1. The third-order valence-corrected chi connectivity index (χ3v) is 3.75. The molecular weight excluding hydrogens is 262 g/mol. The maximum Gasteiger partial charge on any atom is 0.161 e. The Balaban J connectivity index is 2.16. The van der Waals surface area contributed by atoms with Crippen LogP contribution in [0.1, 0.15) is 39.2 Å². The van der Waals surface area contributed by atoms with Gasteiger partial charge in [-0.1, -0.05) is 31.6 Å². The zero-order valence-electron chi connectivity index (χ0n) is 13.6. The Bertz CT molecular complexity index is 490. The first kappa shape index (κ1) is 15.9. The highest BCUT2D eigenvalue weighted by Crippen LogP contribution is 2.29. The lowest BCUT2D eigenvalue weighted by Gasteiger charge is -2.14. The van der Waals surface area contributed by atoms with Crippen molar-refractivity contribution in [2.45, 2.75) is 39.7 Å². The minimum Gasteiger partial charge on any atom is -0.493 e. The summed E-state index contributed by atoms with van der Waals surface area (Å²) in [6.45, 7) is 8.09. The minimum absolute atomic E-state index is 0.536. The molecule has 0 spiro atoms. The highest BCUT2D eigenvalue weighted by molar-refractivity contribution is 5.58. The molecule has 1 aliphatic rings. The molecule has 0 radical (unpaired) electrons. The van der Waals surface area contributed by atoms with Gasteiger partial charge in [0.15, 0.2) is 11.5 Å². The van der Waals surface area contributed by atoms with E-state index in [1.54, 1.807) is 7.11 Å². The summed E-state index contributed by atoms with van der Waals surface area (Å²) >= 11 is 0. The molecule has 1 aromatic rings. The van der Waals surface area contributed by atoms with E-state index in [9.17, 15) is 0 Å². The summed E-state index contributed by atoms with van der Waals surface area (Å²) in [5.74, 6) is 2.14. The number of hydrogen-bond acceptors (Lipinski definition) is 3. The summed E-state index contributed by atoms with van der Waals surface area (Å²) in [5.41, 5.74) is 2.59. The molecule has 0 atom stereocenters. The van der Waals surface area contributed by atoms with Crippen molar-refractivity contribution in [3.8, 4) is 11.5 Å². The smallest absolute Gasteiger partial charge is 0.161 e. The average molecular weight is 289 g/mol. The fourth-order valence-corrected chi connectivity index (χ4v) is 2.24. The summed E-state index contributed by atoms with van der Waals surface area (Å²) in [4.78, 5) is 0. The largest absolute Gasteiger partial charge is 0.493 e. The number of benzene rings is 1. The molecule has 3 nitrogen and oxygen atoms in total. The van der Waals surface area contributed by atoms with E-state index in [1.165, 1.54) is 24.0 Å². The van der Waals surface area contributed by atoms with Gasteiger partial charge in [-0.25, -0.2) is 0 Å². The number of rotatable bonds is 8. The maximum atomic E-state index is 5.65. The van der Waals surface area contributed by atoms with Gasteiger partial charge in [0.2, 0.25) is 0 Å². The lowest BCUT2D eigenvalue weighted by atomic mass is 10.00. The highest BCUT2D eigenvalue weighted by Gasteiger charge is 2.20. The van der Waals surface area contributed by atoms with Crippen LogP contribution in [0.2, 0.25) is 0 Å². The van der Waals surface area contributed by atoms with Gasteiger partial charge in [0, 0.05) is 12.6 Å². The van der Waals surface area contributed by atoms with Crippen LogP contribution in [0.3, 0.4) is 0 Å². The Kier molecular flexibility index (Phi) is 5.68. The maximum absolute atomic E-state index is 5.65. The Morgan fingerprint density at radius 3 is 2.67 bits per heavy atom. The molecule has 1 fully saturated rings. The van der Waals surface area contributed by atoms with Crippen LogP contribution in [0.5, 0.6) is 11.5 Å². The molecule has 0 aliphatic heterocycles. The second-order valence-electron chi connectivity index (χ2n) is 5.87. The molecule has 0 amide bonds. The Morgan fingerprint density at radius 1 is 1.33 bits per heavy atom. The molecule has 1 N–H and O–H groups in total. The molecule has 0 heterocycles. The fraction of sp³-hybridized carbons (Fsp3) is 0.556. The SMILES string of the molecule is CCOc1cc(C=C(CNC2CC2)C(C)C)ccc1OC. The highest BCUT2D eigenvalue weighted by atomic mass is 16.5. The third-order valence-electron chi connectivity index (χ3n) is 3.75. The van der Waals surface area contributed by atoms with Crippen LogP contribution < -0.4 is 14.8 Å². The monoisotopic (exact) mass is 289 g/mol. The van der Waals surface area contributed by atoms with E-state index in [2.05, 4.69) is 37.4 Å². The first-order valence-electron chi connectivity index (χ1n) is 7.88. The van der Waals surface area contributed by atoms with Crippen molar-refractivity contribution in [2.75, 3.05) is 20.3 Å². The van der Waals surface area contributed by atoms with E-state index in [0.29, 0.717) is 12.5 Å². The summed E-state index contributed by atoms with van der Waals surface area (Å²) < 4.78 is 11.0. The van der Waals surface area contributed by atoms with Crippen LogP contribution in [0, 0.1) is 5.92 Å². The predicted octanol–water partition coefficient (Wildman–Crippen LogP) is 3.89. The van der Waals surface area contributed by atoms with Crippen LogP contribution in [-0.4, -0.2) is 26.3 Å². The van der Waals surface area contributed by atoms with Gasteiger partial charge in [0.1, 0.15) is 0 Å². The van der Waals surface area contributed by atoms with Crippen LogP contribution in [0.4, 0.5) is 0 Å². The minimum atomic E-state index is 0.536. The van der Waals surface area contributed by atoms with Crippen LogP contribution in [-0.2, 0) is 0 Å². The van der Waals surface area contributed by atoms with Gasteiger partial charge in [-0.3, -0.25) is 0 Å². The Hall–Kier alpha value is -1.48. The first-order chi connectivity index (χ1) is 10.1. The standard InChI is InChI=1S/C18H27NO2/c1-5-21-18-11-14(6-9-17(18)20-4)10-15(13(2)3)12-19-16-7-8-16/h6,9-11,13,16,19H,5,7-8,12H2,1-4H3.